The van der Waals surface area contributed by atoms with Crippen molar-refractivity contribution in [3.8, 4) is 0 Å². The Morgan fingerprint density at radius 2 is 1.24 bits per heavy atom. The maximum atomic E-state index is 9.01. The van der Waals surface area contributed by atoms with Crippen molar-refractivity contribution < 1.29 is 31.4 Å². The van der Waals surface area contributed by atoms with Crippen molar-refractivity contribution in [2.75, 3.05) is 13.2 Å². The lowest BCUT2D eigenvalue weighted by molar-refractivity contribution is -0.0945. The van der Waals surface area contributed by atoms with Gasteiger partial charge in [0.15, 0.2) is 22.9 Å². The topological polar surface area (TPSA) is 86.6 Å². The fourth-order valence-corrected chi connectivity index (χ4v) is 24.9. The van der Waals surface area contributed by atoms with Crippen molar-refractivity contribution >= 4 is 43.0 Å². The first-order chi connectivity index (χ1) is 15.5. The molecule has 3 atom stereocenters. The van der Waals surface area contributed by atoms with Gasteiger partial charge in [-0.15, -0.1) is 0 Å². The predicted octanol–water partition coefficient (Wildman–Crippen LogP) is 5.79. The molecule has 12 heteroatoms. The van der Waals surface area contributed by atoms with Gasteiger partial charge < -0.3 is 31.4 Å². The molecule has 0 aromatic carbocycles. The van der Waals surface area contributed by atoms with Crippen molar-refractivity contribution in [3.05, 3.63) is 0 Å². The lowest BCUT2D eigenvalue weighted by atomic mass is 10.1. The maximum Gasteiger partial charge on any atom is 0.317 e. The first-order valence-corrected chi connectivity index (χ1v) is 27.2. The highest BCUT2D eigenvalue weighted by molar-refractivity contribution is 6.88. The molecule has 0 radical (unpaired) electrons. The average molecular weight is 573 g/mol. The molecule has 0 aromatic heterocycles. The zero-order chi connectivity index (χ0) is 26.5. The van der Waals surface area contributed by atoms with Crippen LogP contribution in [-0.2, 0) is 21.2 Å². The predicted molar refractivity (Wildman–Crippen MR) is 154 cm³/mol. The Kier molecular flexibility index (Phi) is 17.0. The zero-order valence-electron chi connectivity index (χ0n) is 23.9. The molecule has 0 spiro atoms. The number of ether oxygens (including phenoxy) is 1. The van der Waals surface area contributed by atoms with Crippen LogP contribution in [0.4, 0.5) is 0 Å². The molecule has 0 saturated heterocycles. The smallest absolute Gasteiger partial charge is 0.317 e. The van der Waals surface area contributed by atoms with Crippen LogP contribution in [0.15, 0.2) is 0 Å². The summed E-state index contributed by atoms with van der Waals surface area (Å²) in [7, 11) is -10.4. The van der Waals surface area contributed by atoms with Crippen molar-refractivity contribution in [3.63, 3.8) is 0 Å². The molecular formula is C22H56O7Si5. The van der Waals surface area contributed by atoms with E-state index in [9.17, 15) is 0 Å². The van der Waals surface area contributed by atoms with Gasteiger partial charge in [0.1, 0.15) is 0 Å². The van der Waals surface area contributed by atoms with Crippen LogP contribution >= 0.6 is 0 Å². The van der Waals surface area contributed by atoms with Crippen LogP contribution in [0.1, 0.15) is 51.9 Å². The first kappa shape index (κ1) is 34.8. The molecule has 0 aliphatic rings. The van der Waals surface area contributed by atoms with Crippen LogP contribution in [0.25, 0.3) is 0 Å². The minimum Gasteiger partial charge on any atom is -0.439 e. The minimum absolute atomic E-state index is 0.0707. The summed E-state index contributed by atoms with van der Waals surface area (Å²) >= 11 is 0. The molecule has 0 aliphatic carbocycles. The van der Waals surface area contributed by atoms with E-state index in [1.165, 1.54) is 32.1 Å². The van der Waals surface area contributed by atoms with E-state index < -0.39 is 49.3 Å². The third-order valence-corrected chi connectivity index (χ3v) is 22.7. The quantitative estimate of drug-likeness (QED) is 0.102. The fourth-order valence-electron chi connectivity index (χ4n) is 4.14. The number of unbranched alkanes of at least 4 members (excludes halogenated alkanes) is 5. The van der Waals surface area contributed by atoms with Gasteiger partial charge in [0.25, 0.3) is 9.28 Å². The van der Waals surface area contributed by atoms with Crippen LogP contribution in [0.3, 0.4) is 0 Å². The summed E-state index contributed by atoms with van der Waals surface area (Å²) in [6.45, 7) is 22.4. The van der Waals surface area contributed by atoms with Gasteiger partial charge in [0.05, 0.1) is 6.61 Å². The summed E-state index contributed by atoms with van der Waals surface area (Å²) < 4.78 is 32.3. The maximum absolute atomic E-state index is 9.01. The Morgan fingerprint density at radius 1 is 0.676 bits per heavy atom. The van der Waals surface area contributed by atoms with E-state index in [1.54, 1.807) is 0 Å². The highest BCUT2D eigenvalue weighted by Crippen LogP contribution is 2.30. The van der Waals surface area contributed by atoms with Gasteiger partial charge in [-0.2, -0.15) is 0 Å². The molecule has 0 rings (SSSR count). The fraction of sp³-hybridized carbons (Fsp3) is 1.00. The molecule has 34 heavy (non-hydrogen) atoms. The Morgan fingerprint density at radius 3 is 1.76 bits per heavy atom. The summed E-state index contributed by atoms with van der Waals surface area (Å²) in [5.74, 6) is 0. The lowest BCUT2D eigenvalue weighted by Crippen LogP contribution is -2.57. The second-order valence-electron chi connectivity index (χ2n) is 11.7. The average Bonchev–Trinajstić information content (AvgIpc) is 2.60. The number of aliphatic hydroxyl groups excluding tert-OH is 1. The van der Waals surface area contributed by atoms with E-state index >= 15 is 0 Å². The molecule has 0 saturated carbocycles. The molecule has 0 fully saturated rings. The van der Waals surface area contributed by atoms with Crippen molar-refractivity contribution in [2.45, 2.75) is 129 Å². The van der Waals surface area contributed by atoms with Crippen molar-refractivity contribution in [1.82, 2.24) is 0 Å². The van der Waals surface area contributed by atoms with Gasteiger partial charge in [-0.3, -0.25) is 0 Å². The van der Waals surface area contributed by atoms with E-state index in [4.69, 9.17) is 31.4 Å². The van der Waals surface area contributed by atoms with Crippen LogP contribution in [-0.4, -0.2) is 72.8 Å². The molecular weight excluding hydrogens is 517 g/mol. The molecule has 0 aliphatic heterocycles. The lowest BCUT2D eigenvalue weighted by Gasteiger charge is -2.42. The SMILES string of the molecule is CCCCCCCC[Si](C)(O[SiH](C)O[Si](C)(C)C)O[Si](C)(CCCOCC(O)O)O[Si](C)(C)C. The number of hydrogen-bond donors (Lipinski definition) is 2. The molecule has 0 bridgehead atoms. The number of rotatable bonds is 21. The Hall–Kier alpha value is 0.804. The van der Waals surface area contributed by atoms with Crippen LogP contribution in [0, 0.1) is 0 Å². The second kappa shape index (κ2) is 16.6. The summed E-state index contributed by atoms with van der Waals surface area (Å²) in [5.41, 5.74) is 0. The standard InChI is InChI=1S/C22H56O7Si5/c1-11-12-13-14-15-16-19-33(9,27-30(2)26-31(3,4)5)29-34(10,28-32(6,7)8)20-17-18-25-21-22(23)24/h22-24,30H,11-21H2,1-10H3. The third-order valence-electron chi connectivity index (χ3n) is 5.06. The highest BCUT2D eigenvalue weighted by atomic mass is 28.5. The Balaban J connectivity index is 5.38. The molecule has 0 heterocycles. The summed E-state index contributed by atoms with van der Waals surface area (Å²) in [6, 6.07) is 1.77. The number of aliphatic hydroxyl groups is 2. The normalized spacial score (nSPS) is 17.6. The van der Waals surface area contributed by atoms with E-state index in [0.717, 1.165) is 24.9 Å². The van der Waals surface area contributed by atoms with Gasteiger partial charge in [0.2, 0.25) is 0 Å². The molecule has 0 aromatic rings. The molecule has 7 nitrogen and oxygen atoms in total. The minimum atomic E-state index is -2.53. The van der Waals surface area contributed by atoms with Gasteiger partial charge in [-0.25, -0.2) is 0 Å². The summed E-state index contributed by atoms with van der Waals surface area (Å²) in [4.78, 5) is 0. The monoisotopic (exact) mass is 572 g/mol. The molecule has 0 amide bonds. The first-order valence-electron chi connectivity index (χ1n) is 13.2. The summed E-state index contributed by atoms with van der Waals surface area (Å²) in [5, 5.41) is 18.0. The van der Waals surface area contributed by atoms with Gasteiger partial charge in [0, 0.05) is 6.61 Å². The van der Waals surface area contributed by atoms with Crippen molar-refractivity contribution in [1.29, 1.82) is 0 Å². The molecule has 206 valence electrons. The summed E-state index contributed by atoms with van der Waals surface area (Å²) in [6.07, 6.45) is 6.80. The van der Waals surface area contributed by atoms with Gasteiger partial charge >= 0.3 is 17.1 Å². The molecule has 3 unspecified atom stereocenters. The van der Waals surface area contributed by atoms with Crippen LogP contribution in [0.5, 0.6) is 0 Å². The van der Waals surface area contributed by atoms with Gasteiger partial charge in [-0.05, 0) is 77.4 Å². The largest absolute Gasteiger partial charge is 0.439 e. The Bertz CT molecular complexity index is 531. The van der Waals surface area contributed by atoms with E-state index in [1.807, 2.05) is 0 Å². The third kappa shape index (κ3) is 19.9. The van der Waals surface area contributed by atoms with Crippen LogP contribution < -0.4 is 0 Å². The highest BCUT2D eigenvalue weighted by Gasteiger charge is 2.45. The van der Waals surface area contributed by atoms with E-state index in [-0.39, 0.29) is 6.61 Å². The van der Waals surface area contributed by atoms with Gasteiger partial charge in [-0.1, -0.05) is 45.4 Å². The van der Waals surface area contributed by atoms with E-state index in [2.05, 4.69) is 65.8 Å². The zero-order valence-corrected chi connectivity index (χ0v) is 29.0. The van der Waals surface area contributed by atoms with E-state index in [0.29, 0.717) is 6.61 Å². The molecule has 2 N–H and O–H groups in total. The second-order valence-corrected chi connectivity index (χ2v) is 30.3. The number of hydrogen-bond acceptors (Lipinski definition) is 7. The van der Waals surface area contributed by atoms with Crippen molar-refractivity contribution in [2.24, 2.45) is 0 Å². The van der Waals surface area contributed by atoms with Crippen LogP contribution in [0.2, 0.25) is 71.0 Å². The Labute approximate surface area is 216 Å².